The third-order valence-corrected chi connectivity index (χ3v) is 5.06. The van der Waals surface area contributed by atoms with E-state index in [1.807, 2.05) is 32.9 Å². The topological polar surface area (TPSA) is 50.8 Å². The number of hydroxylamine groups is 2. The molecular formula is C20H32NO4. The van der Waals surface area contributed by atoms with E-state index in [4.69, 9.17) is 14.2 Å². The molecule has 1 aromatic rings. The normalized spacial score (nSPS) is 17.4. The lowest BCUT2D eigenvalue weighted by molar-refractivity contribution is -0.254. The van der Waals surface area contributed by atoms with E-state index in [1.54, 1.807) is 21.3 Å². The second-order valence-electron chi connectivity index (χ2n) is 7.79. The Morgan fingerprint density at radius 2 is 1.48 bits per heavy atom. The maximum absolute atomic E-state index is 13.3. The van der Waals surface area contributed by atoms with Crippen LogP contribution in [0.25, 0.3) is 0 Å². The standard InChI is InChI=1S/C20H32NO4/c1-20(2,3)21(22)19(14-10-8-7-9-11-14)18-16(24-5)12-15(23-4)13-17(18)25-6/h12-14,19H,7-11H2,1-6H3. The molecule has 0 aliphatic heterocycles. The van der Waals surface area contributed by atoms with Gasteiger partial charge in [0, 0.05) is 17.7 Å². The maximum atomic E-state index is 13.3. The predicted octanol–water partition coefficient (Wildman–Crippen LogP) is 4.78. The van der Waals surface area contributed by atoms with Crippen LogP contribution in [-0.4, -0.2) is 31.9 Å². The van der Waals surface area contributed by atoms with Crippen molar-refractivity contribution in [3.8, 4) is 17.2 Å². The lowest BCUT2D eigenvalue weighted by Crippen LogP contribution is -2.43. The smallest absolute Gasteiger partial charge is 0.131 e. The molecule has 0 heterocycles. The largest absolute Gasteiger partial charge is 0.496 e. The molecule has 1 aromatic carbocycles. The first-order valence-electron chi connectivity index (χ1n) is 9.09. The Morgan fingerprint density at radius 1 is 0.960 bits per heavy atom. The summed E-state index contributed by atoms with van der Waals surface area (Å²) in [4.78, 5) is 0. The molecule has 1 fully saturated rings. The quantitative estimate of drug-likeness (QED) is 0.693. The van der Waals surface area contributed by atoms with Gasteiger partial charge in [0.1, 0.15) is 17.2 Å². The van der Waals surface area contributed by atoms with Crippen LogP contribution >= 0.6 is 0 Å². The predicted molar refractivity (Wildman–Crippen MR) is 97.7 cm³/mol. The fourth-order valence-corrected chi connectivity index (χ4v) is 3.74. The average Bonchev–Trinajstić information content (AvgIpc) is 2.61. The van der Waals surface area contributed by atoms with Crippen molar-refractivity contribution in [2.45, 2.75) is 64.5 Å². The van der Waals surface area contributed by atoms with Gasteiger partial charge in [0.15, 0.2) is 0 Å². The van der Waals surface area contributed by atoms with Crippen molar-refractivity contribution in [3.05, 3.63) is 17.7 Å². The number of hydrogen-bond acceptors (Lipinski definition) is 4. The highest BCUT2D eigenvalue weighted by molar-refractivity contribution is 5.52. The van der Waals surface area contributed by atoms with Crippen LogP contribution in [0.4, 0.5) is 0 Å². The first-order valence-corrected chi connectivity index (χ1v) is 9.09. The molecule has 0 bridgehead atoms. The highest BCUT2D eigenvalue weighted by Crippen LogP contribution is 2.48. The molecule has 0 aromatic heterocycles. The second-order valence-corrected chi connectivity index (χ2v) is 7.79. The molecule has 0 spiro atoms. The van der Waals surface area contributed by atoms with E-state index in [2.05, 4.69) is 0 Å². The number of nitrogens with zero attached hydrogens (tertiary/aromatic N) is 1. The van der Waals surface area contributed by atoms with Gasteiger partial charge in [-0.15, -0.1) is 10.3 Å². The van der Waals surface area contributed by atoms with Crippen LogP contribution in [0.5, 0.6) is 17.2 Å². The molecule has 1 radical (unpaired) electrons. The molecule has 1 saturated carbocycles. The number of methoxy groups -OCH3 is 3. The average molecular weight is 350 g/mol. The summed E-state index contributed by atoms with van der Waals surface area (Å²) in [6, 6.07) is 3.38. The molecule has 1 aliphatic rings. The minimum atomic E-state index is -0.502. The number of rotatable bonds is 6. The van der Waals surface area contributed by atoms with Crippen molar-refractivity contribution in [1.82, 2.24) is 5.06 Å². The summed E-state index contributed by atoms with van der Waals surface area (Å²) in [7, 11) is 4.87. The summed E-state index contributed by atoms with van der Waals surface area (Å²) in [6.07, 6.45) is 5.68. The molecular weight excluding hydrogens is 318 g/mol. The molecule has 1 aliphatic carbocycles. The lowest BCUT2D eigenvalue weighted by Gasteiger charge is -2.41. The first-order chi connectivity index (χ1) is 11.8. The maximum Gasteiger partial charge on any atom is 0.131 e. The summed E-state index contributed by atoms with van der Waals surface area (Å²) >= 11 is 0. The van der Waals surface area contributed by atoms with Gasteiger partial charge >= 0.3 is 0 Å². The molecule has 0 amide bonds. The Bertz CT molecular complexity index is 536. The zero-order chi connectivity index (χ0) is 18.6. The van der Waals surface area contributed by atoms with Crippen molar-refractivity contribution in [1.29, 1.82) is 0 Å². The third kappa shape index (κ3) is 4.39. The van der Waals surface area contributed by atoms with Crippen LogP contribution < -0.4 is 14.2 Å². The van der Waals surface area contributed by atoms with E-state index in [0.717, 1.165) is 18.4 Å². The van der Waals surface area contributed by atoms with Crippen LogP contribution in [-0.2, 0) is 5.21 Å². The van der Waals surface area contributed by atoms with E-state index in [-0.39, 0.29) is 6.04 Å². The Morgan fingerprint density at radius 3 is 1.88 bits per heavy atom. The van der Waals surface area contributed by atoms with Crippen LogP contribution in [0.2, 0.25) is 0 Å². The van der Waals surface area contributed by atoms with Crippen LogP contribution in [0, 0.1) is 5.92 Å². The summed E-state index contributed by atoms with van der Waals surface area (Å²) in [6.45, 7) is 5.87. The fourth-order valence-electron chi connectivity index (χ4n) is 3.74. The summed E-state index contributed by atoms with van der Waals surface area (Å²) in [5.74, 6) is 2.25. The molecule has 0 N–H and O–H groups in total. The molecule has 25 heavy (non-hydrogen) atoms. The molecule has 2 rings (SSSR count). The van der Waals surface area contributed by atoms with E-state index in [1.165, 1.54) is 24.3 Å². The number of hydrogen-bond donors (Lipinski definition) is 0. The summed E-state index contributed by atoms with van der Waals surface area (Å²) in [5.41, 5.74) is 0.334. The van der Waals surface area contributed by atoms with Crippen molar-refractivity contribution in [2.75, 3.05) is 21.3 Å². The zero-order valence-corrected chi connectivity index (χ0v) is 16.4. The molecule has 1 atom stereocenters. The van der Waals surface area contributed by atoms with Crippen LogP contribution in [0.1, 0.15) is 64.5 Å². The van der Waals surface area contributed by atoms with Crippen molar-refractivity contribution >= 4 is 0 Å². The lowest BCUT2D eigenvalue weighted by atomic mass is 9.79. The van der Waals surface area contributed by atoms with Crippen molar-refractivity contribution < 1.29 is 19.4 Å². The molecule has 141 valence electrons. The van der Waals surface area contributed by atoms with E-state index in [0.29, 0.717) is 23.2 Å². The monoisotopic (exact) mass is 350 g/mol. The molecule has 5 nitrogen and oxygen atoms in total. The van der Waals surface area contributed by atoms with Gasteiger partial charge in [0.25, 0.3) is 0 Å². The SMILES string of the molecule is COc1cc(OC)c(C(C2CCCCC2)N([O])C(C)(C)C)c(OC)c1. The van der Waals surface area contributed by atoms with Gasteiger partial charge in [0.2, 0.25) is 0 Å². The Labute approximate surface area is 151 Å². The van der Waals surface area contributed by atoms with Gasteiger partial charge in [0.05, 0.1) is 32.9 Å². The van der Waals surface area contributed by atoms with Gasteiger partial charge in [-0.2, -0.15) is 0 Å². The second kappa shape index (κ2) is 8.28. The number of ether oxygens (including phenoxy) is 3. The minimum absolute atomic E-state index is 0.293. The molecule has 0 saturated heterocycles. The van der Waals surface area contributed by atoms with Crippen LogP contribution in [0.3, 0.4) is 0 Å². The fraction of sp³-hybridized carbons (Fsp3) is 0.700. The third-order valence-electron chi connectivity index (χ3n) is 5.06. The van der Waals surface area contributed by atoms with Gasteiger partial charge in [-0.05, 0) is 39.5 Å². The minimum Gasteiger partial charge on any atom is -0.496 e. The van der Waals surface area contributed by atoms with Gasteiger partial charge in [-0.25, -0.2) is 0 Å². The van der Waals surface area contributed by atoms with Crippen molar-refractivity contribution in [2.24, 2.45) is 5.92 Å². The Hall–Kier alpha value is -1.46. The number of benzene rings is 1. The van der Waals surface area contributed by atoms with Gasteiger partial charge in [-0.1, -0.05) is 19.3 Å². The van der Waals surface area contributed by atoms with Gasteiger partial charge in [-0.3, -0.25) is 0 Å². The Kier molecular flexibility index (Phi) is 6.58. The van der Waals surface area contributed by atoms with Gasteiger partial charge < -0.3 is 14.2 Å². The first kappa shape index (κ1) is 19.9. The zero-order valence-electron chi connectivity index (χ0n) is 16.4. The van der Waals surface area contributed by atoms with E-state index in [9.17, 15) is 5.21 Å². The highest BCUT2D eigenvalue weighted by atomic mass is 16.5. The highest BCUT2D eigenvalue weighted by Gasteiger charge is 2.40. The van der Waals surface area contributed by atoms with Crippen LogP contribution in [0.15, 0.2) is 12.1 Å². The van der Waals surface area contributed by atoms with Crippen molar-refractivity contribution in [3.63, 3.8) is 0 Å². The summed E-state index contributed by atoms with van der Waals surface area (Å²) in [5, 5.41) is 14.6. The molecule has 5 heteroatoms. The summed E-state index contributed by atoms with van der Waals surface area (Å²) < 4.78 is 16.6. The van der Waals surface area contributed by atoms with E-state index >= 15 is 0 Å². The van der Waals surface area contributed by atoms with E-state index < -0.39 is 5.54 Å². The molecule has 1 unspecified atom stereocenters. The Balaban J connectivity index is 2.59.